The largest absolute Gasteiger partial charge is 0.387 e. The molecule has 1 saturated heterocycles. The minimum absolute atomic E-state index is 0.0172. The summed E-state index contributed by atoms with van der Waals surface area (Å²) in [5, 5.41) is 22.8. The van der Waals surface area contributed by atoms with Gasteiger partial charge >= 0.3 is 0 Å². The number of aliphatic hydroxyl groups excluding tert-OH is 2. The highest BCUT2D eigenvalue weighted by Gasteiger charge is 2.43. The third-order valence-electron chi connectivity index (χ3n) is 3.96. The van der Waals surface area contributed by atoms with Gasteiger partial charge in [-0.25, -0.2) is 4.98 Å². The molecule has 0 aromatic carbocycles. The zero-order chi connectivity index (χ0) is 18.3. The number of hydrogen-bond acceptors (Lipinski definition) is 7. The van der Waals surface area contributed by atoms with E-state index in [4.69, 9.17) is 4.74 Å². The van der Waals surface area contributed by atoms with Crippen LogP contribution in [0, 0.1) is 5.92 Å². The summed E-state index contributed by atoms with van der Waals surface area (Å²) in [7, 11) is 0. The van der Waals surface area contributed by atoms with Crippen LogP contribution in [0.1, 0.15) is 20.1 Å². The average molecular weight is 463 g/mol. The Labute approximate surface area is 155 Å². The predicted octanol–water partition coefficient (Wildman–Crippen LogP) is -0.232. The van der Waals surface area contributed by atoms with Gasteiger partial charge in [0.1, 0.15) is 12.2 Å². The third kappa shape index (κ3) is 3.28. The second-order valence-electron chi connectivity index (χ2n) is 6.08. The lowest BCUT2D eigenvalue weighted by Gasteiger charge is -2.16. The number of H-pyrrole nitrogens is 1. The molecule has 4 N–H and O–H groups in total. The quantitative estimate of drug-likeness (QED) is 0.363. The van der Waals surface area contributed by atoms with Gasteiger partial charge in [0.05, 0.1) is 12.4 Å². The van der Waals surface area contributed by atoms with Crippen molar-refractivity contribution in [2.24, 2.45) is 5.92 Å². The Balaban J connectivity index is 2.01. The molecule has 0 aliphatic carbocycles. The van der Waals surface area contributed by atoms with Crippen LogP contribution in [0.4, 0.5) is 5.95 Å². The van der Waals surface area contributed by atoms with Gasteiger partial charge in [-0.2, -0.15) is 4.98 Å². The lowest BCUT2D eigenvalue weighted by molar-refractivity contribution is -0.118. The summed E-state index contributed by atoms with van der Waals surface area (Å²) in [5.41, 5.74) is -0.333. The molecule has 3 rings (SSSR count). The molecule has 3 heterocycles. The summed E-state index contributed by atoms with van der Waals surface area (Å²) in [6, 6.07) is 0. The second-order valence-corrected chi connectivity index (χ2v) is 6.96. The van der Waals surface area contributed by atoms with Crippen molar-refractivity contribution in [3.63, 3.8) is 0 Å². The lowest BCUT2D eigenvalue weighted by Crippen LogP contribution is -2.32. The highest BCUT2D eigenvalue weighted by molar-refractivity contribution is 14.1. The Hall–Kier alpha value is -1.57. The molecule has 11 heteroatoms. The minimum atomic E-state index is -1.19. The smallest absolute Gasteiger partial charge is 0.280 e. The van der Waals surface area contributed by atoms with Gasteiger partial charge < -0.3 is 14.9 Å². The molecule has 0 spiro atoms. The van der Waals surface area contributed by atoms with E-state index in [2.05, 4.69) is 42.9 Å². The van der Waals surface area contributed by atoms with Crippen LogP contribution in [-0.4, -0.2) is 58.4 Å². The van der Waals surface area contributed by atoms with Gasteiger partial charge in [0.2, 0.25) is 11.9 Å². The highest BCUT2D eigenvalue weighted by atomic mass is 127. The number of carbonyl (C=O) groups excluding carboxylic acids is 1. The number of fused-ring (bicyclic) bond motifs is 1. The first-order valence-electron chi connectivity index (χ1n) is 7.68. The molecular weight excluding hydrogens is 445 g/mol. The van der Waals surface area contributed by atoms with Gasteiger partial charge in [0, 0.05) is 10.3 Å². The van der Waals surface area contributed by atoms with E-state index in [1.54, 1.807) is 13.8 Å². The topological polar surface area (TPSA) is 142 Å². The first-order valence-corrected chi connectivity index (χ1v) is 9.21. The Kier molecular flexibility index (Phi) is 5.09. The monoisotopic (exact) mass is 463 g/mol. The van der Waals surface area contributed by atoms with Gasteiger partial charge in [-0.15, -0.1) is 0 Å². The minimum Gasteiger partial charge on any atom is -0.387 e. The zero-order valence-corrected chi connectivity index (χ0v) is 15.7. The first kappa shape index (κ1) is 18.2. The van der Waals surface area contributed by atoms with E-state index in [0.717, 1.165) is 0 Å². The second kappa shape index (κ2) is 6.97. The molecular formula is C14H18IN5O5. The summed E-state index contributed by atoms with van der Waals surface area (Å²) in [5.74, 6) is -0.604. The number of nitrogens with zero attached hydrogens (tertiary/aromatic N) is 3. The third-order valence-corrected chi connectivity index (χ3v) is 4.83. The summed E-state index contributed by atoms with van der Waals surface area (Å²) in [6.45, 7) is 3.43. The van der Waals surface area contributed by atoms with Crippen molar-refractivity contribution in [3.05, 3.63) is 16.7 Å². The molecule has 10 nitrogen and oxygen atoms in total. The molecule has 4 atom stereocenters. The zero-order valence-electron chi connectivity index (χ0n) is 13.5. The van der Waals surface area contributed by atoms with E-state index >= 15 is 0 Å². The number of carbonyl (C=O) groups is 1. The van der Waals surface area contributed by atoms with E-state index in [-0.39, 0.29) is 28.9 Å². The van der Waals surface area contributed by atoms with Crippen LogP contribution < -0.4 is 10.9 Å². The van der Waals surface area contributed by atoms with Gasteiger partial charge in [-0.1, -0.05) is 36.4 Å². The van der Waals surface area contributed by atoms with Gasteiger partial charge in [-0.05, 0) is 0 Å². The van der Waals surface area contributed by atoms with Crippen LogP contribution in [0.25, 0.3) is 11.2 Å². The summed E-state index contributed by atoms with van der Waals surface area (Å²) in [4.78, 5) is 34.7. The lowest BCUT2D eigenvalue weighted by atomic mass is 10.1. The van der Waals surface area contributed by atoms with E-state index in [1.165, 1.54) is 10.9 Å². The number of anilines is 1. The number of aliphatic hydroxyl groups is 2. The molecule has 136 valence electrons. The highest BCUT2D eigenvalue weighted by Crippen LogP contribution is 2.31. The molecule has 0 radical (unpaired) electrons. The molecule has 0 bridgehead atoms. The summed E-state index contributed by atoms with van der Waals surface area (Å²) < 4.78 is 7.54. The number of rotatable bonds is 4. The SMILES string of the molecule is CC(C)C(=O)Nc1nc2c(ncn2[C@@H]2O[C@H](CI)[C@@H](O)[C@H]2O)c(=O)[nH]1. The Morgan fingerprint density at radius 2 is 2.20 bits per heavy atom. The van der Waals surface area contributed by atoms with Crippen LogP contribution in [0.2, 0.25) is 0 Å². The Morgan fingerprint density at radius 1 is 1.48 bits per heavy atom. The van der Waals surface area contributed by atoms with Gasteiger partial charge in [0.15, 0.2) is 17.4 Å². The number of aromatic nitrogens is 4. The van der Waals surface area contributed by atoms with Crippen molar-refractivity contribution in [2.75, 3.05) is 9.74 Å². The maximum Gasteiger partial charge on any atom is 0.280 e. The fraction of sp³-hybridized carbons (Fsp3) is 0.571. The number of ether oxygens (including phenoxy) is 1. The van der Waals surface area contributed by atoms with E-state index in [0.29, 0.717) is 4.43 Å². The fourth-order valence-corrected chi connectivity index (χ4v) is 3.25. The maximum absolute atomic E-state index is 12.2. The molecule has 1 aliphatic rings. The molecule has 25 heavy (non-hydrogen) atoms. The van der Waals surface area contributed by atoms with Crippen molar-refractivity contribution in [2.45, 2.75) is 38.4 Å². The van der Waals surface area contributed by atoms with Gasteiger partial charge in [0.25, 0.3) is 5.56 Å². The Bertz CT molecular complexity index is 850. The maximum atomic E-state index is 12.2. The molecule has 2 aromatic heterocycles. The summed E-state index contributed by atoms with van der Waals surface area (Å²) in [6.07, 6.45) is -2.40. The molecule has 0 saturated carbocycles. The number of halogens is 1. The average Bonchev–Trinajstić information content (AvgIpc) is 3.10. The van der Waals surface area contributed by atoms with Crippen molar-refractivity contribution >= 4 is 45.6 Å². The number of nitrogens with one attached hydrogen (secondary N) is 2. The van der Waals surface area contributed by atoms with Crippen LogP contribution in [-0.2, 0) is 9.53 Å². The molecule has 1 aliphatic heterocycles. The van der Waals surface area contributed by atoms with Crippen molar-refractivity contribution in [1.29, 1.82) is 0 Å². The number of aromatic amines is 1. The molecule has 1 amide bonds. The fourth-order valence-electron chi connectivity index (χ4n) is 2.52. The number of imidazole rings is 1. The molecule has 1 fully saturated rings. The van der Waals surface area contributed by atoms with E-state index < -0.39 is 30.1 Å². The predicted molar refractivity (Wildman–Crippen MR) is 96.4 cm³/mol. The Morgan fingerprint density at radius 3 is 2.80 bits per heavy atom. The molecule has 2 aromatic rings. The first-order chi connectivity index (χ1) is 11.8. The van der Waals surface area contributed by atoms with Crippen LogP contribution in [0.3, 0.4) is 0 Å². The summed E-state index contributed by atoms with van der Waals surface area (Å²) >= 11 is 2.05. The van der Waals surface area contributed by atoms with Crippen molar-refractivity contribution < 1.29 is 19.7 Å². The number of amides is 1. The van der Waals surface area contributed by atoms with Crippen molar-refractivity contribution in [1.82, 2.24) is 19.5 Å². The van der Waals surface area contributed by atoms with Crippen LogP contribution in [0.15, 0.2) is 11.1 Å². The van der Waals surface area contributed by atoms with Gasteiger partial charge in [-0.3, -0.25) is 24.5 Å². The van der Waals surface area contributed by atoms with E-state index in [9.17, 15) is 19.8 Å². The van der Waals surface area contributed by atoms with E-state index in [1.807, 2.05) is 0 Å². The number of alkyl halides is 1. The molecule has 0 unspecified atom stereocenters. The normalized spacial score (nSPS) is 26.5. The van der Waals surface area contributed by atoms with Crippen LogP contribution in [0.5, 0.6) is 0 Å². The number of hydrogen-bond donors (Lipinski definition) is 4. The van der Waals surface area contributed by atoms with Crippen LogP contribution >= 0.6 is 22.6 Å². The van der Waals surface area contributed by atoms with Crippen molar-refractivity contribution in [3.8, 4) is 0 Å². The standard InChI is InChI=1S/C14H18IN5O5/c1-5(2)11(23)18-14-17-10-7(12(24)19-14)16-4-20(10)13-9(22)8(21)6(3-15)25-13/h4-6,8-9,13,21-22H,3H2,1-2H3,(H2,17,18,19,23,24)/t6-,8-,9-,13-/m1/s1.